The second kappa shape index (κ2) is 8.14. The summed E-state index contributed by atoms with van der Waals surface area (Å²) in [6.45, 7) is 0.972. The Balaban J connectivity index is 0.000000447. The molecule has 1 aromatic heterocycles. The molecule has 0 spiro atoms. The molecule has 0 unspecified atom stereocenters. The number of rotatable bonds is 2. The van der Waals surface area contributed by atoms with Crippen LogP contribution < -0.4 is 31.7 Å². The highest BCUT2D eigenvalue weighted by Gasteiger charge is 2.17. The number of aliphatic carboxylic acids is 1. The molecule has 0 saturated heterocycles. The molecule has 0 fully saturated rings. The van der Waals surface area contributed by atoms with E-state index in [1.54, 1.807) is 0 Å². The fourth-order valence-corrected chi connectivity index (χ4v) is 4.76. The molecule has 0 aliphatic heterocycles. The van der Waals surface area contributed by atoms with Gasteiger partial charge < -0.3 is 14.3 Å². The van der Waals surface area contributed by atoms with E-state index in [-0.39, 0.29) is 26.6 Å². The highest BCUT2D eigenvalue weighted by Crippen LogP contribution is 2.17. The number of carbonyl (C=O) groups is 1. The molecule has 0 atom stereocenters. The van der Waals surface area contributed by atoms with Crippen LogP contribution in [0.15, 0.2) is 82.0 Å². The second-order valence-corrected chi connectivity index (χ2v) is 8.48. The minimum Gasteiger partial charge on any atom is -0.550 e. The number of carbonyl (C=O) groups excluding carboxylic acids is 1. The maximum absolute atomic E-state index is 12.6. The van der Waals surface area contributed by atoms with Gasteiger partial charge in [0.2, 0.25) is 5.43 Å². The third kappa shape index (κ3) is 4.29. The average molecular weight is 458 g/mol. The smallest absolute Gasteiger partial charge is 0.357 e. The van der Waals surface area contributed by atoms with Gasteiger partial charge in [-0.05, 0) is 43.3 Å². The molecule has 0 radical (unpaired) electrons. The number of hydrogen-bond acceptors (Lipinski definition) is 4. The Morgan fingerprint density at radius 1 is 0.846 bits per heavy atom. The average Bonchev–Trinajstić information content (AvgIpc) is 2.63. The highest BCUT2D eigenvalue weighted by molar-refractivity contribution is 5.89. The number of carboxylic acids is 1. The second-order valence-electron chi connectivity index (χ2n) is 5.45. The van der Waals surface area contributed by atoms with Gasteiger partial charge in [-0.25, -0.2) is 0 Å². The van der Waals surface area contributed by atoms with Crippen LogP contribution in [0.4, 0.5) is 0 Å². The van der Waals surface area contributed by atoms with Crippen molar-refractivity contribution in [2.75, 3.05) is 0 Å². The number of fused-ring (bicyclic) bond motifs is 2. The van der Waals surface area contributed by atoms with Crippen LogP contribution in [0.2, 0.25) is 0 Å². The first kappa shape index (κ1) is 18.1. The molecule has 4 nitrogen and oxygen atoms in total. The zero-order valence-electron chi connectivity index (χ0n) is 13.9. The Morgan fingerprint density at radius 3 is 2.19 bits per heavy atom. The maximum Gasteiger partial charge on any atom is 0.357 e. The molecule has 5 heteroatoms. The summed E-state index contributed by atoms with van der Waals surface area (Å²) in [6, 6.07) is 23.8. The van der Waals surface area contributed by atoms with Crippen LogP contribution in [0.5, 0.6) is 0 Å². The molecular weight excluding hydrogens is 443 g/mol. The largest absolute Gasteiger partial charge is 0.550 e. The number of halogens is 1. The molecular formula is C21H15IO4. The van der Waals surface area contributed by atoms with Crippen LogP contribution in [0, 0.1) is 7.14 Å². The van der Waals surface area contributed by atoms with Crippen LogP contribution >= 0.6 is 0 Å². The molecule has 0 N–H and O–H groups in total. The Morgan fingerprint density at radius 2 is 1.46 bits per heavy atom. The lowest BCUT2D eigenvalue weighted by Crippen LogP contribution is -3.61. The van der Waals surface area contributed by atoms with Crippen LogP contribution in [0.3, 0.4) is 0 Å². The van der Waals surface area contributed by atoms with Crippen LogP contribution in [-0.2, 0) is 4.79 Å². The van der Waals surface area contributed by atoms with Crippen LogP contribution in [0.1, 0.15) is 6.92 Å². The van der Waals surface area contributed by atoms with Gasteiger partial charge in [0.15, 0.2) is 7.14 Å². The van der Waals surface area contributed by atoms with E-state index in [1.807, 2.05) is 42.5 Å². The number of para-hydroxylation sites is 1. The van der Waals surface area contributed by atoms with Gasteiger partial charge in [0, 0.05) is 12.0 Å². The summed E-state index contributed by atoms with van der Waals surface area (Å²) in [7, 11) is 0. The fraction of sp³-hybridized carbons (Fsp3) is 0.0476. The molecule has 0 aliphatic carbocycles. The standard InChI is InChI=1S/C19H12IO2.C2H4O2/c21-19-15-8-4-5-9-17(15)22-18-11-10-14(12-16(18)19)20-13-6-2-1-3-7-13;1-2(3)4/h1-12H;1H3,(H,3,4)/q+1;/p-1. The summed E-state index contributed by atoms with van der Waals surface area (Å²) in [4.78, 5) is 21.5. The van der Waals surface area contributed by atoms with Gasteiger partial charge in [-0.3, -0.25) is 4.79 Å². The van der Waals surface area contributed by atoms with Gasteiger partial charge in [-0.1, -0.05) is 30.3 Å². The first-order chi connectivity index (χ1) is 12.5. The maximum atomic E-state index is 12.6. The lowest BCUT2D eigenvalue weighted by atomic mass is 10.1. The third-order valence-corrected chi connectivity index (χ3v) is 6.12. The molecule has 4 rings (SSSR count). The van der Waals surface area contributed by atoms with Gasteiger partial charge in [-0.15, -0.1) is 0 Å². The molecule has 0 bridgehead atoms. The number of hydrogen-bond donors (Lipinski definition) is 0. The van der Waals surface area contributed by atoms with Gasteiger partial charge in [0.05, 0.1) is 10.8 Å². The van der Waals surface area contributed by atoms with E-state index in [2.05, 4.69) is 30.3 Å². The van der Waals surface area contributed by atoms with E-state index in [1.165, 1.54) is 7.14 Å². The lowest BCUT2D eigenvalue weighted by Gasteiger charge is -2.00. The van der Waals surface area contributed by atoms with Crippen molar-refractivity contribution in [2.24, 2.45) is 0 Å². The molecule has 26 heavy (non-hydrogen) atoms. The zero-order valence-corrected chi connectivity index (χ0v) is 16.1. The first-order valence-electron chi connectivity index (χ1n) is 7.87. The summed E-state index contributed by atoms with van der Waals surface area (Å²) in [5, 5.41) is 10.2. The van der Waals surface area contributed by atoms with Crippen molar-refractivity contribution < 1.29 is 35.5 Å². The van der Waals surface area contributed by atoms with Gasteiger partial charge >= 0.3 is 21.2 Å². The normalized spacial score (nSPS) is 10.3. The van der Waals surface area contributed by atoms with Crippen molar-refractivity contribution in [1.82, 2.24) is 0 Å². The summed E-state index contributed by atoms with van der Waals surface area (Å²) in [6.07, 6.45) is 0. The Hall–Kier alpha value is -2.67. The third-order valence-electron chi connectivity index (χ3n) is 3.49. The molecule has 0 amide bonds. The summed E-state index contributed by atoms with van der Waals surface area (Å²) < 4.78 is 8.41. The van der Waals surface area contributed by atoms with E-state index in [0.717, 1.165) is 6.92 Å². The van der Waals surface area contributed by atoms with E-state index in [4.69, 9.17) is 14.3 Å². The van der Waals surface area contributed by atoms with Gasteiger partial charge in [0.1, 0.15) is 11.2 Å². The quantitative estimate of drug-likeness (QED) is 0.309. The predicted molar refractivity (Wildman–Crippen MR) is 94.5 cm³/mol. The van der Waals surface area contributed by atoms with E-state index in [0.29, 0.717) is 21.9 Å². The predicted octanol–water partition coefficient (Wildman–Crippen LogP) is -0.169. The molecule has 1 heterocycles. The van der Waals surface area contributed by atoms with Crippen molar-refractivity contribution in [1.29, 1.82) is 0 Å². The van der Waals surface area contributed by atoms with Crippen molar-refractivity contribution in [3.63, 3.8) is 0 Å². The SMILES string of the molecule is CC(=O)[O-].O=c1c2ccccc2oc2ccc([I+]c3ccccc3)cc12. The Bertz CT molecular complexity index is 1110. The first-order valence-corrected chi connectivity index (χ1v) is 10.0. The van der Waals surface area contributed by atoms with Gasteiger partial charge in [0.25, 0.3) is 0 Å². The van der Waals surface area contributed by atoms with Crippen LogP contribution in [-0.4, -0.2) is 5.97 Å². The fourth-order valence-electron chi connectivity index (χ4n) is 2.44. The van der Waals surface area contributed by atoms with E-state index < -0.39 is 5.97 Å². The van der Waals surface area contributed by atoms with Crippen molar-refractivity contribution >= 4 is 27.9 Å². The molecule has 4 aromatic rings. The van der Waals surface area contributed by atoms with Crippen molar-refractivity contribution in [3.8, 4) is 0 Å². The minimum absolute atomic E-state index is 0.0516. The summed E-state index contributed by atoms with van der Waals surface area (Å²) in [5.74, 6) is -1.08. The molecule has 0 aliphatic rings. The van der Waals surface area contributed by atoms with Crippen molar-refractivity contribution in [3.05, 3.63) is 90.2 Å². The number of benzene rings is 3. The molecule has 130 valence electrons. The Kier molecular flexibility index (Phi) is 5.68. The zero-order chi connectivity index (χ0) is 18.5. The minimum atomic E-state index is -1.08. The highest BCUT2D eigenvalue weighted by atomic mass is 127. The topological polar surface area (TPSA) is 70.3 Å². The van der Waals surface area contributed by atoms with Crippen molar-refractivity contribution in [2.45, 2.75) is 6.92 Å². The monoisotopic (exact) mass is 458 g/mol. The summed E-state index contributed by atoms with van der Waals surface area (Å²) >= 11 is -0.284. The molecule has 0 saturated carbocycles. The number of carboxylic acid groups (broad SMARTS) is 1. The van der Waals surface area contributed by atoms with Crippen LogP contribution in [0.25, 0.3) is 21.9 Å². The molecule has 3 aromatic carbocycles. The summed E-state index contributed by atoms with van der Waals surface area (Å²) in [5.41, 5.74) is 1.35. The Labute approximate surface area is 160 Å². The lowest BCUT2D eigenvalue weighted by molar-refractivity contribution is -0.597. The van der Waals surface area contributed by atoms with E-state index in [9.17, 15) is 4.79 Å². The van der Waals surface area contributed by atoms with E-state index >= 15 is 0 Å². The van der Waals surface area contributed by atoms with Gasteiger partial charge in [-0.2, -0.15) is 0 Å².